The van der Waals surface area contributed by atoms with Crippen LogP contribution in [-0.4, -0.2) is 30.3 Å². The van der Waals surface area contributed by atoms with E-state index in [4.69, 9.17) is 4.74 Å². The van der Waals surface area contributed by atoms with Crippen LogP contribution in [0.1, 0.15) is 60.0 Å². The molecule has 0 aliphatic heterocycles. The summed E-state index contributed by atoms with van der Waals surface area (Å²) in [5.41, 5.74) is 0. The van der Waals surface area contributed by atoms with Crippen molar-refractivity contribution in [3.8, 4) is 0 Å². The summed E-state index contributed by atoms with van der Waals surface area (Å²) in [6, 6.07) is 3.83. The maximum absolute atomic E-state index is 11.9. The number of aryl methyl sites for hydroxylation is 1. The molecule has 1 N–H and O–H groups in total. The van der Waals surface area contributed by atoms with Crippen molar-refractivity contribution in [1.29, 1.82) is 0 Å². The average molecular weight is 351 g/mol. The van der Waals surface area contributed by atoms with Crippen LogP contribution >= 0.6 is 11.3 Å². The molecule has 132 valence electrons. The normalized spacial score (nSPS) is 20.4. The van der Waals surface area contributed by atoms with Crippen LogP contribution in [-0.2, 0) is 14.3 Å². The topological polar surface area (TPSA) is 72.5 Å². The monoisotopic (exact) mass is 351 g/mol. The lowest BCUT2D eigenvalue weighted by Crippen LogP contribution is -2.42. The summed E-state index contributed by atoms with van der Waals surface area (Å²) in [5.74, 6) is -0.374. The Balaban J connectivity index is 1.65. The zero-order valence-corrected chi connectivity index (χ0v) is 15.1. The number of rotatable bonds is 7. The van der Waals surface area contributed by atoms with E-state index in [2.05, 4.69) is 12.2 Å². The number of nitrogens with one attached hydrogen (secondary N) is 1. The van der Waals surface area contributed by atoms with Gasteiger partial charge in [0.25, 0.3) is 5.91 Å². The van der Waals surface area contributed by atoms with E-state index in [9.17, 15) is 14.4 Å². The van der Waals surface area contributed by atoms with Crippen LogP contribution in [0.15, 0.2) is 12.1 Å². The van der Waals surface area contributed by atoms with Crippen molar-refractivity contribution in [1.82, 2.24) is 5.32 Å². The van der Waals surface area contributed by atoms with E-state index >= 15 is 0 Å². The van der Waals surface area contributed by atoms with Gasteiger partial charge in [0.2, 0.25) is 0 Å². The molecule has 2 atom stereocenters. The van der Waals surface area contributed by atoms with Crippen LogP contribution in [0.4, 0.5) is 0 Å². The summed E-state index contributed by atoms with van der Waals surface area (Å²) in [6.45, 7) is 3.80. The van der Waals surface area contributed by atoms with Gasteiger partial charge in [0.05, 0.1) is 11.3 Å². The first-order valence-electron chi connectivity index (χ1n) is 8.50. The van der Waals surface area contributed by atoms with Crippen molar-refractivity contribution in [2.24, 2.45) is 5.92 Å². The molecule has 0 bridgehead atoms. The van der Waals surface area contributed by atoms with Crippen molar-refractivity contribution >= 4 is 29.0 Å². The second-order valence-corrected chi connectivity index (χ2v) is 7.72. The molecule has 24 heavy (non-hydrogen) atoms. The van der Waals surface area contributed by atoms with E-state index in [1.165, 1.54) is 17.8 Å². The van der Waals surface area contributed by atoms with Crippen LogP contribution in [0.2, 0.25) is 0 Å². The maximum atomic E-state index is 11.9. The Bertz CT molecular complexity index is 596. The number of ketones is 1. The highest BCUT2D eigenvalue weighted by atomic mass is 32.1. The Morgan fingerprint density at radius 2 is 1.96 bits per heavy atom. The molecule has 1 saturated carbocycles. The van der Waals surface area contributed by atoms with Crippen LogP contribution in [0.5, 0.6) is 0 Å². The molecule has 0 spiro atoms. The summed E-state index contributed by atoms with van der Waals surface area (Å²) in [5, 5.41) is 2.94. The van der Waals surface area contributed by atoms with E-state index in [-0.39, 0.29) is 37.2 Å². The molecule has 6 heteroatoms. The third-order valence-corrected chi connectivity index (χ3v) is 5.44. The second kappa shape index (κ2) is 8.97. The minimum Gasteiger partial charge on any atom is -0.456 e. The maximum Gasteiger partial charge on any atom is 0.306 e. The van der Waals surface area contributed by atoms with E-state index in [0.717, 1.165) is 24.1 Å². The van der Waals surface area contributed by atoms with E-state index < -0.39 is 5.97 Å². The molecular weight excluding hydrogens is 326 g/mol. The lowest BCUT2D eigenvalue weighted by Gasteiger charge is -2.29. The largest absolute Gasteiger partial charge is 0.456 e. The van der Waals surface area contributed by atoms with Gasteiger partial charge in [-0.25, -0.2) is 0 Å². The lowest BCUT2D eigenvalue weighted by molar-refractivity contribution is -0.148. The number of carbonyl (C=O) groups excluding carboxylic acids is 3. The molecule has 1 fully saturated rings. The van der Waals surface area contributed by atoms with Crippen LogP contribution in [0.3, 0.4) is 0 Å². The van der Waals surface area contributed by atoms with Crippen LogP contribution < -0.4 is 5.32 Å². The van der Waals surface area contributed by atoms with Gasteiger partial charge < -0.3 is 10.1 Å². The average Bonchev–Trinajstić information content (AvgIpc) is 2.99. The number of ether oxygens (including phenoxy) is 1. The highest BCUT2D eigenvalue weighted by Crippen LogP contribution is 2.23. The van der Waals surface area contributed by atoms with Crippen molar-refractivity contribution in [2.75, 3.05) is 6.61 Å². The first kappa shape index (κ1) is 18.6. The quantitative estimate of drug-likeness (QED) is 0.604. The minimum absolute atomic E-state index is 0.00287. The zero-order chi connectivity index (χ0) is 17.5. The first-order chi connectivity index (χ1) is 11.5. The fraction of sp³-hybridized carbons (Fsp3) is 0.611. The Labute approximate surface area is 146 Å². The lowest BCUT2D eigenvalue weighted by atomic mass is 9.86. The first-order valence-corrected chi connectivity index (χ1v) is 9.32. The zero-order valence-electron chi connectivity index (χ0n) is 14.3. The number of hydrogen-bond donors (Lipinski definition) is 1. The van der Waals surface area contributed by atoms with Crippen LogP contribution in [0, 0.1) is 12.8 Å². The number of Topliss-reactive ketones (excluding diaryl/α,β-unsaturated/α-hetero) is 1. The van der Waals surface area contributed by atoms with Crippen LogP contribution in [0.25, 0.3) is 0 Å². The van der Waals surface area contributed by atoms with Crippen molar-refractivity contribution < 1.29 is 19.1 Å². The van der Waals surface area contributed by atoms with Gasteiger partial charge in [0, 0.05) is 17.3 Å². The van der Waals surface area contributed by atoms with Gasteiger partial charge in [0.1, 0.15) is 0 Å². The van der Waals surface area contributed by atoms with Gasteiger partial charge in [-0.2, -0.15) is 0 Å². The Kier molecular flexibility index (Phi) is 6.97. The van der Waals surface area contributed by atoms with Gasteiger partial charge >= 0.3 is 5.97 Å². The molecule has 0 radical (unpaired) electrons. The molecule has 0 saturated heterocycles. The number of esters is 1. The highest BCUT2D eigenvalue weighted by molar-refractivity contribution is 7.14. The minimum atomic E-state index is -0.511. The Morgan fingerprint density at radius 3 is 2.62 bits per heavy atom. The molecule has 2 rings (SSSR count). The predicted octanol–water partition coefficient (Wildman–Crippen LogP) is 3.26. The summed E-state index contributed by atoms with van der Waals surface area (Å²) in [4.78, 5) is 37.2. The Hall–Kier alpha value is -1.69. The molecule has 2 unspecified atom stereocenters. The van der Waals surface area contributed by atoms with E-state index in [0.29, 0.717) is 10.8 Å². The summed E-state index contributed by atoms with van der Waals surface area (Å²) in [7, 11) is 0. The standard InChI is InChI=1S/C18H25NO4S/c1-12-5-3-4-6-14(12)19-17(21)11-23-18(22)10-8-15(20)16-9-7-13(2)24-16/h7,9,12,14H,3-6,8,10-11H2,1-2H3,(H,19,21). The number of hydrogen-bond acceptors (Lipinski definition) is 5. The highest BCUT2D eigenvalue weighted by Gasteiger charge is 2.23. The van der Waals surface area contributed by atoms with Crippen molar-refractivity contribution in [2.45, 2.75) is 58.4 Å². The molecule has 0 aromatic carbocycles. The van der Waals surface area contributed by atoms with E-state index in [1.807, 2.05) is 13.0 Å². The van der Waals surface area contributed by atoms with Gasteiger partial charge in [-0.15, -0.1) is 11.3 Å². The summed E-state index contributed by atoms with van der Waals surface area (Å²) in [6.07, 6.45) is 4.55. The molecule has 5 nitrogen and oxygen atoms in total. The summed E-state index contributed by atoms with van der Waals surface area (Å²) >= 11 is 1.42. The fourth-order valence-electron chi connectivity index (χ4n) is 2.92. The molecule has 1 amide bonds. The fourth-order valence-corrected chi connectivity index (χ4v) is 3.76. The summed E-state index contributed by atoms with van der Waals surface area (Å²) < 4.78 is 4.97. The molecule has 1 aromatic heterocycles. The smallest absolute Gasteiger partial charge is 0.306 e. The van der Waals surface area contributed by atoms with Gasteiger partial charge in [-0.1, -0.05) is 19.8 Å². The molecule has 1 aliphatic rings. The molecule has 1 aliphatic carbocycles. The third kappa shape index (κ3) is 5.74. The van der Waals surface area contributed by atoms with Gasteiger partial charge in [-0.05, 0) is 37.8 Å². The molecule has 1 heterocycles. The molecular formula is C18H25NO4S. The second-order valence-electron chi connectivity index (χ2n) is 6.43. The predicted molar refractivity (Wildman–Crippen MR) is 93.1 cm³/mol. The van der Waals surface area contributed by atoms with Crippen molar-refractivity contribution in [3.05, 3.63) is 21.9 Å². The number of amides is 1. The Morgan fingerprint density at radius 1 is 1.21 bits per heavy atom. The van der Waals surface area contributed by atoms with Crippen molar-refractivity contribution in [3.63, 3.8) is 0 Å². The van der Waals surface area contributed by atoms with Gasteiger partial charge in [-0.3, -0.25) is 14.4 Å². The number of thiophene rings is 1. The van der Waals surface area contributed by atoms with Gasteiger partial charge in [0.15, 0.2) is 12.4 Å². The SMILES string of the molecule is Cc1ccc(C(=O)CCC(=O)OCC(=O)NC2CCCCC2C)s1. The molecule has 1 aromatic rings. The third-order valence-electron chi connectivity index (χ3n) is 4.39. The number of carbonyl (C=O) groups is 3. The van der Waals surface area contributed by atoms with E-state index in [1.54, 1.807) is 6.07 Å².